The number of anilines is 1. The van der Waals surface area contributed by atoms with E-state index in [2.05, 4.69) is 0 Å². The minimum Gasteiger partial charge on any atom is -0.494 e. The Kier molecular flexibility index (Phi) is 3.84. The standard InChI is InChI=1S/C21H22F2N2O4/c1-29-19-16-10(9-5-13(9)22)4-12(20(27)28)18(26)11(16)6-14(23)17(19)25-7-15(24)21(8-25)2-3-21/h4,6,9-10,13,15H,2-3,5,7-8,24H2,1H3,(H,27,28)/t9-,10?,13-,15+/m0/s1. The van der Waals surface area contributed by atoms with E-state index in [1.807, 2.05) is 4.90 Å². The zero-order valence-electron chi connectivity index (χ0n) is 16.0. The molecule has 1 heterocycles. The van der Waals surface area contributed by atoms with Crippen LogP contribution in [0.25, 0.3) is 0 Å². The Bertz CT molecular complexity index is 972. The fourth-order valence-electron chi connectivity index (χ4n) is 5.05. The largest absolute Gasteiger partial charge is 0.494 e. The number of fused-ring (bicyclic) bond motifs is 1. The van der Waals surface area contributed by atoms with Gasteiger partial charge in [-0.2, -0.15) is 0 Å². The number of alkyl halides is 1. The molecule has 29 heavy (non-hydrogen) atoms. The molecule has 3 fully saturated rings. The number of ether oxygens (including phenoxy) is 1. The average molecular weight is 404 g/mol. The van der Waals surface area contributed by atoms with Crippen LogP contribution in [-0.2, 0) is 4.79 Å². The van der Waals surface area contributed by atoms with Gasteiger partial charge in [-0.3, -0.25) is 4.79 Å². The molecule has 1 spiro atoms. The first kappa shape index (κ1) is 18.5. The predicted molar refractivity (Wildman–Crippen MR) is 101 cm³/mol. The van der Waals surface area contributed by atoms with Crippen molar-refractivity contribution in [2.24, 2.45) is 17.1 Å². The molecule has 6 nitrogen and oxygen atoms in total. The van der Waals surface area contributed by atoms with E-state index >= 15 is 4.39 Å². The van der Waals surface area contributed by atoms with Gasteiger partial charge in [-0.05, 0) is 25.3 Å². The number of carboxylic acids is 1. The number of hydrogen-bond donors (Lipinski definition) is 2. The normalized spacial score (nSPS) is 31.5. The summed E-state index contributed by atoms with van der Waals surface area (Å²) in [5.41, 5.74) is 6.38. The Hall–Kier alpha value is -2.48. The third-order valence-corrected chi connectivity index (χ3v) is 6.99. The SMILES string of the molecule is COc1c2c(cc(F)c1N1C[C@@H](N)C3(CC3)C1)C(=O)C(C(=O)O)=CC2[C@@H]1C[C@@H]1F. The maximum absolute atomic E-state index is 15.2. The molecule has 3 aliphatic carbocycles. The molecule has 1 aliphatic heterocycles. The van der Waals surface area contributed by atoms with Gasteiger partial charge in [0.2, 0.25) is 5.78 Å². The highest BCUT2D eigenvalue weighted by molar-refractivity contribution is 6.25. The van der Waals surface area contributed by atoms with Crippen LogP contribution < -0.4 is 15.4 Å². The summed E-state index contributed by atoms with van der Waals surface area (Å²) in [7, 11) is 1.39. The van der Waals surface area contributed by atoms with Crippen molar-refractivity contribution in [3.63, 3.8) is 0 Å². The second kappa shape index (κ2) is 6.01. The van der Waals surface area contributed by atoms with Gasteiger partial charge in [-0.1, -0.05) is 6.08 Å². The number of rotatable bonds is 4. The number of halogens is 2. The van der Waals surface area contributed by atoms with E-state index < -0.39 is 41.2 Å². The molecule has 4 aliphatic rings. The van der Waals surface area contributed by atoms with E-state index in [-0.39, 0.29) is 34.9 Å². The summed E-state index contributed by atoms with van der Waals surface area (Å²) < 4.78 is 34.8. The Morgan fingerprint density at radius 3 is 2.62 bits per heavy atom. The van der Waals surface area contributed by atoms with Crippen molar-refractivity contribution in [3.8, 4) is 5.75 Å². The molecule has 4 atom stereocenters. The quantitative estimate of drug-likeness (QED) is 0.749. The summed E-state index contributed by atoms with van der Waals surface area (Å²) in [5, 5.41) is 9.41. The number of carbonyl (C=O) groups is 2. The van der Waals surface area contributed by atoms with Crippen LogP contribution in [0, 0.1) is 17.2 Å². The number of methoxy groups -OCH3 is 1. The number of carboxylic acid groups (broad SMARTS) is 1. The summed E-state index contributed by atoms with van der Waals surface area (Å²) in [4.78, 5) is 26.1. The highest BCUT2D eigenvalue weighted by Gasteiger charge is 2.55. The number of nitrogens with zero attached hydrogens (tertiary/aromatic N) is 1. The van der Waals surface area contributed by atoms with Crippen molar-refractivity contribution in [1.29, 1.82) is 0 Å². The van der Waals surface area contributed by atoms with Crippen LogP contribution in [0.1, 0.15) is 41.1 Å². The maximum atomic E-state index is 15.2. The third kappa shape index (κ3) is 2.61. The number of aliphatic carboxylic acids is 1. The molecule has 1 aromatic rings. The van der Waals surface area contributed by atoms with Gasteiger partial charge < -0.3 is 20.5 Å². The van der Waals surface area contributed by atoms with Gasteiger partial charge in [0, 0.05) is 47.5 Å². The monoisotopic (exact) mass is 404 g/mol. The fraction of sp³-hybridized carbons (Fsp3) is 0.524. The topological polar surface area (TPSA) is 92.9 Å². The zero-order valence-corrected chi connectivity index (χ0v) is 16.0. The summed E-state index contributed by atoms with van der Waals surface area (Å²) in [5.74, 6) is -3.74. The molecule has 0 radical (unpaired) electrons. The van der Waals surface area contributed by atoms with Crippen molar-refractivity contribution in [1.82, 2.24) is 0 Å². The molecule has 0 amide bonds. The van der Waals surface area contributed by atoms with Gasteiger partial charge in [0.1, 0.15) is 23.2 Å². The summed E-state index contributed by atoms with van der Waals surface area (Å²) in [6, 6.07) is 1.01. The Labute approximate surface area is 166 Å². The molecule has 3 N–H and O–H groups in total. The Morgan fingerprint density at radius 2 is 2.10 bits per heavy atom. The van der Waals surface area contributed by atoms with Crippen molar-refractivity contribution in [2.45, 2.75) is 37.4 Å². The predicted octanol–water partition coefficient (Wildman–Crippen LogP) is 2.41. The Morgan fingerprint density at radius 1 is 1.41 bits per heavy atom. The van der Waals surface area contributed by atoms with Crippen LogP contribution in [0.5, 0.6) is 5.75 Å². The zero-order chi connectivity index (χ0) is 20.7. The maximum Gasteiger partial charge on any atom is 0.339 e. The first-order valence-corrected chi connectivity index (χ1v) is 9.82. The van der Waals surface area contributed by atoms with E-state index in [4.69, 9.17) is 10.5 Å². The molecule has 1 saturated heterocycles. The highest BCUT2D eigenvalue weighted by Crippen LogP contribution is 2.57. The lowest BCUT2D eigenvalue weighted by Crippen LogP contribution is -2.31. The van der Waals surface area contributed by atoms with Crippen molar-refractivity contribution in [2.75, 3.05) is 25.1 Å². The van der Waals surface area contributed by atoms with Gasteiger partial charge in [0.05, 0.1) is 7.11 Å². The number of allylic oxidation sites excluding steroid dienone is 1. The second-order valence-electron chi connectivity index (χ2n) is 8.71. The molecule has 0 bridgehead atoms. The summed E-state index contributed by atoms with van der Waals surface area (Å²) in [6.07, 6.45) is 2.49. The summed E-state index contributed by atoms with van der Waals surface area (Å²) in [6.45, 7) is 1.07. The lowest BCUT2D eigenvalue weighted by molar-refractivity contribution is -0.132. The summed E-state index contributed by atoms with van der Waals surface area (Å²) >= 11 is 0. The van der Waals surface area contributed by atoms with E-state index in [9.17, 15) is 19.1 Å². The van der Waals surface area contributed by atoms with E-state index in [1.165, 1.54) is 13.2 Å². The molecule has 5 rings (SSSR count). The lowest BCUT2D eigenvalue weighted by atomic mass is 9.79. The molecule has 1 unspecified atom stereocenters. The number of nitrogens with two attached hydrogens (primary N) is 1. The molecule has 1 aromatic carbocycles. The highest BCUT2D eigenvalue weighted by atomic mass is 19.1. The lowest BCUT2D eigenvalue weighted by Gasteiger charge is -2.29. The minimum atomic E-state index is -1.40. The van der Waals surface area contributed by atoms with Crippen molar-refractivity contribution in [3.05, 3.63) is 34.7 Å². The van der Waals surface area contributed by atoms with Crippen molar-refractivity contribution < 1.29 is 28.2 Å². The van der Waals surface area contributed by atoms with Crippen LogP contribution in [-0.4, -0.2) is 49.3 Å². The number of carbonyl (C=O) groups excluding carboxylic acids is 1. The number of benzene rings is 1. The van der Waals surface area contributed by atoms with Crippen LogP contribution in [0.4, 0.5) is 14.5 Å². The second-order valence-corrected chi connectivity index (χ2v) is 8.71. The van der Waals surface area contributed by atoms with Gasteiger partial charge in [0.25, 0.3) is 0 Å². The van der Waals surface area contributed by atoms with Crippen LogP contribution in [0.15, 0.2) is 17.7 Å². The van der Waals surface area contributed by atoms with E-state index in [0.717, 1.165) is 18.9 Å². The molecular formula is C21H22F2N2O4. The van der Waals surface area contributed by atoms with E-state index in [0.29, 0.717) is 18.7 Å². The first-order valence-electron chi connectivity index (χ1n) is 9.82. The van der Waals surface area contributed by atoms with E-state index in [1.54, 1.807) is 0 Å². The third-order valence-electron chi connectivity index (χ3n) is 6.99. The molecule has 8 heteroatoms. The smallest absolute Gasteiger partial charge is 0.339 e. The molecule has 2 saturated carbocycles. The minimum absolute atomic E-state index is 0.000514. The van der Waals surface area contributed by atoms with Crippen LogP contribution in [0.2, 0.25) is 0 Å². The van der Waals surface area contributed by atoms with Gasteiger partial charge in [-0.25, -0.2) is 13.6 Å². The average Bonchev–Trinajstić information content (AvgIpc) is 3.56. The number of Topliss-reactive ketones (excluding diaryl/α,β-unsaturated/α-hetero) is 1. The van der Waals surface area contributed by atoms with Crippen LogP contribution >= 0.6 is 0 Å². The van der Waals surface area contributed by atoms with Gasteiger partial charge in [-0.15, -0.1) is 0 Å². The number of ketones is 1. The Balaban J connectivity index is 1.67. The molecule has 154 valence electrons. The van der Waals surface area contributed by atoms with Gasteiger partial charge >= 0.3 is 5.97 Å². The molecular weight excluding hydrogens is 382 g/mol. The first-order chi connectivity index (χ1) is 13.8. The van der Waals surface area contributed by atoms with Gasteiger partial charge in [0.15, 0.2) is 5.82 Å². The fourth-order valence-corrected chi connectivity index (χ4v) is 5.05. The number of hydrogen-bond acceptors (Lipinski definition) is 5. The van der Waals surface area contributed by atoms with Crippen molar-refractivity contribution >= 4 is 17.4 Å². The van der Waals surface area contributed by atoms with Crippen LogP contribution in [0.3, 0.4) is 0 Å². The molecule has 0 aromatic heterocycles.